The Labute approximate surface area is 275 Å². The summed E-state index contributed by atoms with van der Waals surface area (Å²) in [6.45, 7) is 12.0. The molecule has 0 saturated heterocycles. The summed E-state index contributed by atoms with van der Waals surface area (Å²) in [5.74, 6) is 0.745. The molecule has 5 aromatic carbocycles. The van der Waals surface area contributed by atoms with Crippen molar-refractivity contribution >= 4 is 34.6 Å². The molecule has 7 rings (SSSR count). The third-order valence-corrected chi connectivity index (χ3v) is 9.38. The van der Waals surface area contributed by atoms with Crippen LogP contribution in [0.3, 0.4) is 0 Å². The van der Waals surface area contributed by atoms with Crippen LogP contribution >= 0.6 is 0 Å². The largest absolute Gasteiger partial charge is 0.456 e. The van der Waals surface area contributed by atoms with Crippen molar-refractivity contribution in [1.82, 2.24) is 0 Å². The van der Waals surface area contributed by atoms with E-state index in [9.17, 15) is 9.59 Å². The zero-order chi connectivity index (χ0) is 32.9. The smallest absolute Gasteiger partial charge is 0.340 e. The van der Waals surface area contributed by atoms with Crippen LogP contribution in [0.15, 0.2) is 97.1 Å². The second-order valence-electron chi connectivity index (χ2n) is 12.1. The molecule has 2 heterocycles. The molecule has 0 aliphatic carbocycles. The number of fused-ring (bicyclic) bond motifs is 6. The van der Waals surface area contributed by atoms with Gasteiger partial charge in [0.05, 0.1) is 5.56 Å². The molecular weight excluding hydrogens is 586 g/mol. The summed E-state index contributed by atoms with van der Waals surface area (Å²) in [5, 5.41) is 6.64. The van der Waals surface area contributed by atoms with Gasteiger partial charge in [0.15, 0.2) is 5.60 Å². The van der Waals surface area contributed by atoms with Crippen molar-refractivity contribution in [3.63, 3.8) is 0 Å². The lowest BCUT2D eigenvalue weighted by Gasteiger charge is -2.38. The average molecular weight is 624 g/mol. The standard InChI is InChI=1S/C40H37N3O4/c1-6-43(7-2)28-18-20-32-36(22-28)46-35-21-25(4)34(23-33(35)40(32)31-16-12-11-15-30(31)39(45)47-40)42-37-24(3)17-19-29(26(37)5)38(44)41-27-13-9-8-10-14-27/h8-23,42H,6-7H2,1-5H3,(H,41,44). The highest BCUT2D eigenvalue weighted by Crippen LogP contribution is 2.57. The quantitative estimate of drug-likeness (QED) is 0.176. The van der Waals surface area contributed by atoms with Gasteiger partial charge in [-0.3, -0.25) is 4.79 Å². The van der Waals surface area contributed by atoms with Crippen molar-refractivity contribution < 1.29 is 19.1 Å². The summed E-state index contributed by atoms with van der Waals surface area (Å²) >= 11 is 0. The molecule has 2 N–H and O–H groups in total. The van der Waals surface area contributed by atoms with Crippen molar-refractivity contribution in [1.29, 1.82) is 0 Å². The van der Waals surface area contributed by atoms with Crippen LogP contribution in [0, 0.1) is 20.8 Å². The average Bonchev–Trinajstić information content (AvgIpc) is 3.36. The Balaban J connectivity index is 1.34. The number of benzene rings is 5. The molecule has 7 nitrogen and oxygen atoms in total. The van der Waals surface area contributed by atoms with Crippen molar-refractivity contribution in [2.45, 2.75) is 40.2 Å². The fourth-order valence-corrected chi connectivity index (χ4v) is 6.87. The molecule has 7 heteroatoms. The maximum absolute atomic E-state index is 13.5. The minimum Gasteiger partial charge on any atom is -0.456 e. The zero-order valence-corrected chi connectivity index (χ0v) is 27.2. The Morgan fingerprint density at radius 3 is 2.26 bits per heavy atom. The second-order valence-corrected chi connectivity index (χ2v) is 12.1. The van der Waals surface area contributed by atoms with Crippen LogP contribution < -0.4 is 20.3 Å². The van der Waals surface area contributed by atoms with E-state index < -0.39 is 5.60 Å². The first-order chi connectivity index (χ1) is 22.7. The van der Waals surface area contributed by atoms with Crippen LogP contribution in [0.1, 0.15) is 67.9 Å². The van der Waals surface area contributed by atoms with Gasteiger partial charge in [-0.2, -0.15) is 0 Å². The fraction of sp³-hybridized carbons (Fsp3) is 0.200. The van der Waals surface area contributed by atoms with Crippen LogP contribution in [0.25, 0.3) is 0 Å². The molecule has 5 aromatic rings. The molecule has 0 aromatic heterocycles. The number of anilines is 4. The van der Waals surface area contributed by atoms with Crippen LogP contribution in [0.5, 0.6) is 11.5 Å². The van der Waals surface area contributed by atoms with Crippen molar-refractivity contribution in [3.05, 3.63) is 142 Å². The first kappa shape index (κ1) is 30.1. The van der Waals surface area contributed by atoms with Crippen LogP contribution in [-0.4, -0.2) is 25.0 Å². The number of carbonyl (C=O) groups excluding carboxylic acids is 2. The minimum absolute atomic E-state index is 0.179. The Morgan fingerprint density at radius 2 is 1.49 bits per heavy atom. The molecule has 0 radical (unpaired) electrons. The van der Waals surface area contributed by atoms with Gasteiger partial charge in [0.25, 0.3) is 5.91 Å². The van der Waals surface area contributed by atoms with Gasteiger partial charge in [0.2, 0.25) is 0 Å². The van der Waals surface area contributed by atoms with Crippen LogP contribution in [0.2, 0.25) is 0 Å². The van der Waals surface area contributed by atoms with Gasteiger partial charge >= 0.3 is 5.97 Å². The summed E-state index contributed by atoms with van der Waals surface area (Å²) in [7, 11) is 0. The summed E-state index contributed by atoms with van der Waals surface area (Å²) in [4.78, 5) is 29.1. The van der Waals surface area contributed by atoms with Gasteiger partial charge in [-0.15, -0.1) is 0 Å². The molecule has 236 valence electrons. The van der Waals surface area contributed by atoms with E-state index in [2.05, 4.69) is 35.4 Å². The first-order valence-corrected chi connectivity index (χ1v) is 16.0. The SMILES string of the molecule is CCN(CC)c1ccc2c(c1)Oc1cc(C)c(Nc3c(C)ccc(C(=O)Nc4ccccc4)c3C)cc1C21OC(=O)c2ccccc21. The number of ether oxygens (including phenoxy) is 2. The predicted octanol–water partition coefficient (Wildman–Crippen LogP) is 9.02. The number of para-hydroxylation sites is 1. The fourth-order valence-electron chi connectivity index (χ4n) is 6.87. The molecular formula is C40H37N3O4. The second kappa shape index (κ2) is 11.7. The lowest BCUT2D eigenvalue weighted by molar-refractivity contribution is 0.0224. The maximum Gasteiger partial charge on any atom is 0.340 e. The third-order valence-electron chi connectivity index (χ3n) is 9.38. The Morgan fingerprint density at radius 1 is 0.766 bits per heavy atom. The number of hydrogen-bond acceptors (Lipinski definition) is 6. The first-order valence-electron chi connectivity index (χ1n) is 16.0. The van der Waals surface area contributed by atoms with Gasteiger partial charge in [-0.25, -0.2) is 4.79 Å². The molecule has 0 saturated carbocycles. The summed E-state index contributed by atoms with van der Waals surface area (Å²) < 4.78 is 13.1. The molecule has 2 aliphatic rings. The lowest BCUT2D eigenvalue weighted by Crippen LogP contribution is -2.33. The van der Waals surface area contributed by atoms with Crippen LogP contribution in [-0.2, 0) is 10.3 Å². The van der Waals surface area contributed by atoms with E-state index in [4.69, 9.17) is 9.47 Å². The van der Waals surface area contributed by atoms with E-state index in [1.54, 1.807) is 0 Å². The molecule has 1 spiro atoms. The highest BCUT2D eigenvalue weighted by molar-refractivity contribution is 6.06. The number of nitrogens with one attached hydrogen (secondary N) is 2. The lowest BCUT2D eigenvalue weighted by atomic mass is 9.77. The van der Waals surface area contributed by atoms with Gasteiger partial charge < -0.3 is 25.0 Å². The Kier molecular flexibility index (Phi) is 7.47. The molecule has 1 amide bonds. The van der Waals surface area contributed by atoms with E-state index in [0.717, 1.165) is 69.2 Å². The molecule has 1 atom stereocenters. The monoisotopic (exact) mass is 623 g/mol. The zero-order valence-electron chi connectivity index (χ0n) is 27.2. The summed E-state index contributed by atoms with van der Waals surface area (Å²) in [5.41, 5.74) is 8.43. The molecule has 0 bridgehead atoms. The molecule has 0 fully saturated rings. The number of nitrogens with zero attached hydrogens (tertiary/aromatic N) is 1. The summed E-state index contributed by atoms with van der Waals surface area (Å²) in [6.07, 6.45) is 0. The van der Waals surface area contributed by atoms with Gasteiger partial charge in [0, 0.05) is 64.2 Å². The summed E-state index contributed by atoms with van der Waals surface area (Å²) in [6, 6.07) is 31.0. The third kappa shape index (κ3) is 4.90. The Bertz CT molecular complexity index is 2050. The number of aryl methyl sites for hydroxylation is 2. The van der Waals surface area contributed by atoms with Gasteiger partial charge in [0.1, 0.15) is 11.5 Å². The number of carbonyl (C=O) groups is 2. The molecule has 47 heavy (non-hydrogen) atoms. The van der Waals surface area contributed by atoms with E-state index in [-0.39, 0.29) is 11.9 Å². The Hall–Kier alpha value is -5.56. The molecule has 2 aliphatic heterocycles. The van der Waals surface area contributed by atoms with Gasteiger partial charge in [-0.05, 0) is 99.8 Å². The number of hydrogen-bond donors (Lipinski definition) is 2. The van der Waals surface area contributed by atoms with Crippen molar-refractivity contribution in [3.8, 4) is 11.5 Å². The minimum atomic E-state index is -1.19. The number of amides is 1. The number of rotatable bonds is 7. The van der Waals surface area contributed by atoms with E-state index in [1.807, 2.05) is 112 Å². The van der Waals surface area contributed by atoms with Gasteiger partial charge in [-0.1, -0.05) is 42.5 Å². The normalized spacial score (nSPS) is 15.6. The maximum atomic E-state index is 13.5. The van der Waals surface area contributed by atoms with Crippen molar-refractivity contribution in [2.24, 2.45) is 0 Å². The van der Waals surface area contributed by atoms with Crippen LogP contribution in [0.4, 0.5) is 22.7 Å². The molecule has 1 unspecified atom stereocenters. The topological polar surface area (TPSA) is 79.9 Å². The predicted molar refractivity (Wildman–Crippen MR) is 187 cm³/mol. The number of esters is 1. The van der Waals surface area contributed by atoms with Crippen molar-refractivity contribution in [2.75, 3.05) is 28.6 Å². The highest BCUT2D eigenvalue weighted by Gasteiger charge is 2.53. The van der Waals surface area contributed by atoms with E-state index >= 15 is 0 Å². The van der Waals surface area contributed by atoms with E-state index in [0.29, 0.717) is 22.6 Å². The van der Waals surface area contributed by atoms with E-state index in [1.165, 1.54) is 0 Å². The highest BCUT2D eigenvalue weighted by atomic mass is 16.6.